The quantitative estimate of drug-likeness (QED) is 0.799. The summed E-state index contributed by atoms with van der Waals surface area (Å²) in [6, 6.07) is 4.07. The molecule has 158 valence electrons. The summed E-state index contributed by atoms with van der Waals surface area (Å²) in [5, 5.41) is 13.3. The molecule has 7 nitrogen and oxygen atoms in total. The second-order valence-corrected chi connectivity index (χ2v) is 8.07. The van der Waals surface area contributed by atoms with Gasteiger partial charge in [-0.05, 0) is 50.8 Å². The van der Waals surface area contributed by atoms with Crippen LogP contribution in [0.25, 0.3) is 0 Å². The first-order valence-corrected chi connectivity index (χ1v) is 9.82. The SMILES string of the molecule is Cc1nccc(C(=O)NC2C[C@@H](O)C[C@@]3(CCN(c4cc(F)cc(F)c4)C3=O)C2)n1. The normalized spacial score (nSPS) is 26.3. The third-order valence-electron chi connectivity index (χ3n) is 5.84. The molecule has 1 spiro atoms. The fraction of sp³-hybridized carbons (Fsp3) is 0.429. The molecule has 9 heteroatoms. The number of hydrogen-bond donors (Lipinski definition) is 2. The molecule has 1 saturated carbocycles. The molecular weight excluding hydrogens is 394 g/mol. The highest BCUT2D eigenvalue weighted by atomic mass is 19.1. The van der Waals surface area contributed by atoms with E-state index in [0.717, 1.165) is 18.2 Å². The molecule has 4 rings (SSSR count). The number of nitrogens with zero attached hydrogens (tertiary/aromatic N) is 3. The number of nitrogens with one attached hydrogen (secondary N) is 1. The van der Waals surface area contributed by atoms with Crippen LogP contribution >= 0.6 is 0 Å². The van der Waals surface area contributed by atoms with E-state index in [1.165, 1.54) is 17.2 Å². The first-order chi connectivity index (χ1) is 14.3. The van der Waals surface area contributed by atoms with Gasteiger partial charge in [-0.3, -0.25) is 9.59 Å². The van der Waals surface area contributed by atoms with Crippen molar-refractivity contribution in [3.05, 3.63) is 53.6 Å². The first-order valence-electron chi connectivity index (χ1n) is 9.82. The molecule has 1 aliphatic heterocycles. The van der Waals surface area contributed by atoms with E-state index in [4.69, 9.17) is 0 Å². The van der Waals surface area contributed by atoms with Crippen LogP contribution in [-0.2, 0) is 4.79 Å². The Balaban J connectivity index is 1.52. The fourth-order valence-corrected chi connectivity index (χ4v) is 4.59. The molecule has 1 aromatic heterocycles. The standard InChI is InChI=1S/C21H22F2N4O3/c1-12-24-4-2-18(25-12)19(29)26-15-9-17(28)11-21(10-15)3-5-27(20(21)30)16-7-13(22)6-14(23)8-16/h2,4,6-8,15,17,28H,3,5,9-11H2,1H3,(H,26,29)/t15?,17-,21-/m1/s1. The molecule has 1 saturated heterocycles. The van der Waals surface area contributed by atoms with E-state index in [1.54, 1.807) is 6.92 Å². The van der Waals surface area contributed by atoms with Crippen LogP contribution in [0.4, 0.5) is 14.5 Å². The fourth-order valence-electron chi connectivity index (χ4n) is 4.59. The average Bonchev–Trinajstić information content (AvgIpc) is 2.96. The van der Waals surface area contributed by atoms with Crippen molar-refractivity contribution in [2.45, 2.75) is 44.8 Å². The summed E-state index contributed by atoms with van der Waals surface area (Å²) < 4.78 is 27.2. The number of carbonyl (C=O) groups excluding carboxylic acids is 2. The number of aliphatic hydroxyl groups is 1. The van der Waals surface area contributed by atoms with E-state index in [2.05, 4.69) is 15.3 Å². The maximum atomic E-state index is 13.6. The monoisotopic (exact) mass is 416 g/mol. The van der Waals surface area contributed by atoms with Gasteiger partial charge >= 0.3 is 0 Å². The maximum Gasteiger partial charge on any atom is 0.270 e. The number of amides is 2. The van der Waals surface area contributed by atoms with Crippen LogP contribution in [0.2, 0.25) is 0 Å². The van der Waals surface area contributed by atoms with Crippen LogP contribution in [0.1, 0.15) is 42.0 Å². The van der Waals surface area contributed by atoms with Gasteiger partial charge in [0.2, 0.25) is 5.91 Å². The van der Waals surface area contributed by atoms with Gasteiger partial charge in [-0.25, -0.2) is 18.7 Å². The molecule has 0 bridgehead atoms. The Hall–Kier alpha value is -2.94. The summed E-state index contributed by atoms with van der Waals surface area (Å²) in [6.45, 7) is 1.97. The number of benzene rings is 1. The van der Waals surface area contributed by atoms with Crippen molar-refractivity contribution in [2.75, 3.05) is 11.4 Å². The van der Waals surface area contributed by atoms with E-state index in [9.17, 15) is 23.5 Å². The van der Waals surface area contributed by atoms with E-state index in [-0.39, 0.29) is 23.7 Å². The lowest BCUT2D eigenvalue weighted by Crippen LogP contribution is -2.50. The zero-order valence-electron chi connectivity index (χ0n) is 16.4. The van der Waals surface area contributed by atoms with Crippen molar-refractivity contribution < 1.29 is 23.5 Å². The van der Waals surface area contributed by atoms with Crippen molar-refractivity contribution in [1.29, 1.82) is 0 Å². The average molecular weight is 416 g/mol. The van der Waals surface area contributed by atoms with Gasteiger partial charge in [0.15, 0.2) is 0 Å². The van der Waals surface area contributed by atoms with Gasteiger partial charge in [0.25, 0.3) is 5.91 Å². The van der Waals surface area contributed by atoms with Crippen LogP contribution in [0, 0.1) is 24.0 Å². The number of carbonyl (C=O) groups is 2. The molecule has 2 aliphatic rings. The lowest BCUT2D eigenvalue weighted by atomic mass is 9.69. The number of halogens is 2. The molecule has 1 aliphatic carbocycles. The van der Waals surface area contributed by atoms with Gasteiger partial charge in [-0.1, -0.05) is 0 Å². The minimum Gasteiger partial charge on any atom is -0.393 e. The first kappa shape index (κ1) is 20.3. The van der Waals surface area contributed by atoms with Gasteiger partial charge in [0.1, 0.15) is 23.2 Å². The van der Waals surface area contributed by atoms with E-state index in [0.29, 0.717) is 31.6 Å². The third kappa shape index (κ3) is 3.89. The molecule has 1 unspecified atom stereocenters. The molecule has 30 heavy (non-hydrogen) atoms. The zero-order chi connectivity index (χ0) is 21.5. The largest absolute Gasteiger partial charge is 0.393 e. The molecule has 2 aromatic rings. The van der Waals surface area contributed by atoms with E-state index in [1.807, 2.05) is 0 Å². The topological polar surface area (TPSA) is 95.4 Å². The second kappa shape index (κ2) is 7.71. The van der Waals surface area contributed by atoms with Crippen LogP contribution in [0.15, 0.2) is 30.5 Å². The van der Waals surface area contributed by atoms with Gasteiger partial charge in [0, 0.05) is 30.5 Å². The summed E-state index contributed by atoms with van der Waals surface area (Å²) in [4.78, 5) is 35.2. The Morgan fingerprint density at radius 3 is 2.70 bits per heavy atom. The Labute approximate surface area is 172 Å². The van der Waals surface area contributed by atoms with Crippen LogP contribution < -0.4 is 10.2 Å². The maximum absolute atomic E-state index is 13.6. The molecular formula is C21H22F2N4O3. The summed E-state index contributed by atoms with van der Waals surface area (Å²) >= 11 is 0. The van der Waals surface area contributed by atoms with Gasteiger partial charge in [0.05, 0.1) is 11.5 Å². The van der Waals surface area contributed by atoms with E-state index >= 15 is 0 Å². The number of aliphatic hydroxyl groups excluding tert-OH is 1. The summed E-state index contributed by atoms with van der Waals surface area (Å²) in [7, 11) is 0. The minimum atomic E-state index is -0.889. The Morgan fingerprint density at radius 1 is 1.27 bits per heavy atom. The van der Waals surface area contributed by atoms with Gasteiger partial charge in [-0.2, -0.15) is 0 Å². The van der Waals surface area contributed by atoms with Crippen molar-refractivity contribution in [1.82, 2.24) is 15.3 Å². The molecule has 2 amide bonds. The number of rotatable bonds is 3. The Kier molecular flexibility index (Phi) is 5.23. The van der Waals surface area contributed by atoms with Crippen molar-refractivity contribution in [2.24, 2.45) is 5.41 Å². The molecule has 0 radical (unpaired) electrons. The lowest BCUT2D eigenvalue weighted by molar-refractivity contribution is -0.130. The summed E-state index contributed by atoms with van der Waals surface area (Å²) in [5.74, 6) is -1.74. The highest BCUT2D eigenvalue weighted by Crippen LogP contribution is 2.46. The number of aryl methyl sites for hydroxylation is 1. The number of hydrogen-bond acceptors (Lipinski definition) is 5. The zero-order valence-corrected chi connectivity index (χ0v) is 16.4. The van der Waals surface area contributed by atoms with Crippen molar-refractivity contribution >= 4 is 17.5 Å². The highest BCUT2D eigenvalue weighted by molar-refractivity contribution is 6.00. The second-order valence-electron chi connectivity index (χ2n) is 8.07. The lowest BCUT2D eigenvalue weighted by Gasteiger charge is -2.39. The van der Waals surface area contributed by atoms with Crippen LogP contribution in [-0.4, -0.2) is 45.6 Å². The van der Waals surface area contributed by atoms with Crippen LogP contribution in [0.5, 0.6) is 0 Å². The molecule has 2 heterocycles. The summed E-state index contributed by atoms with van der Waals surface area (Å²) in [6.07, 6.45) is 2.06. The van der Waals surface area contributed by atoms with E-state index < -0.39 is 35.1 Å². The highest BCUT2D eigenvalue weighted by Gasteiger charge is 2.52. The smallest absolute Gasteiger partial charge is 0.270 e. The molecule has 2 fully saturated rings. The third-order valence-corrected chi connectivity index (χ3v) is 5.84. The predicted molar refractivity (Wildman–Crippen MR) is 104 cm³/mol. The Bertz CT molecular complexity index is 982. The minimum absolute atomic E-state index is 0.159. The Morgan fingerprint density at radius 2 is 2.00 bits per heavy atom. The van der Waals surface area contributed by atoms with Crippen molar-refractivity contribution in [3.8, 4) is 0 Å². The van der Waals surface area contributed by atoms with Gasteiger partial charge in [-0.15, -0.1) is 0 Å². The molecule has 2 N–H and O–H groups in total. The van der Waals surface area contributed by atoms with Crippen LogP contribution in [0.3, 0.4) is 0 Å². The molecule has 1 aromatic carbocycles. The molecule has 3 atom stereocenters. The van der Waals surface area contributed by atoms with Crippen molar-refractivity contribution in [3.63, 3.8) is 0 Å². The predicted octanol–water partition coefficient (Wildman–Crippen LogP) is 2.13. The summed E-state index contributed by atoms with van der Waals surface area (Å²) in [5.41, 5.74) is -0.516. The number of aromatic nitrogens is 2. The van der Waals surface area contributed by atoms with Gasteiger partial charge < -0.3 is 15.3 Å². The number of anilines is 1.